The summed E-state index contributed by atoms with van der Waals surface area (Å²) in [6, 6.07) is 10.4. The summed E-state index contributed by atoms with van der Waals surface area (Å²) in [7, 11) is 0. The van der Waals surface area contributed by atoms with Crippen molar-refractivity contribution in [3.8, 4) is 21.7 Å². The molecular formula is C13H9BrFN3S. The highest BCUT2D eigenvalue weighted by atomic mass is 79.9. The quantitative estimate of drug-likeness (QED) is 0.732. The number of nitrogens with two attached hydrogens (primary N) is 1. The lowest BCUT2D eigenvalue weighted by atomic mass is 10.0. The summed E-state index contributed by atoms with van der Waals surface area (Å²) in [5.74, 6) is -0.0166. The molecule has 0 radical (unpaired) electrons. The van der Waals surface area contributed by atoms with Gasteiger partial charge in [0.05, 0.1) is 19.9 Å². The fourth-order valence-electron chi connectivity index (χ4n) is 1.92. The van der Waals surface area contributed by atoms with Gasteiger partial charge in [-0.3, -0.25) is 5.10 Å². The summed E-state index contributed by atoms with van der Waals surface area (Å²) in [5, 5.41) is 6.87. The lowest BCUT2D eigenvalue weighted by Gasteiger charge is -2.04. The molecule has 0 amide bonds. The zero-order chi connectivity index (χ0) is 13.4. The molecule has 0 saturated heterocycles. The molecule has 96 valence electrons. The Kier molecular flexibility index (Phi) is 3.12. The Labute approximate surface area is 121 Å². The van der Waals surface area contributed by atoms with E-state index >= 15 is 0 Å². The molecule has 1 aromatic carbocycles. The smallest absolute Gasteiger partial charge is 0.153 e. The molecule has 19 heavy (non-hydrogen) atoms. The monoisotopic (exact) mass is 337 g/mol. The molecule has 0 saturated carbocycles. The zero-order valence-electron chi connectivity index (χ0n) is 9.65. The molecule has 2 heterocycles. The summed E-state index contributed by atoms with van der Waals surface area (Å²) in [5.41, 5.74) is 7.66. The summed E-state index contributed by atoms with van der Waals surface area (Å²) < 4.78 is 14.9. The predicted octanol–water partition coefficient (Wildman–Crippen LogP) is 4.29. The maximum atomic E-state index is 13.9. The standard InChI is InChI=1S/C13H9BrFN3S/c14-10-6-5-9(19-10)12-11(13(16)18-17-12)7-3-1-2-4-8(7)15/h1-6H,(H3,16,17,18). The molecule has 3 nitrogen and oxygen atoms in total. The molecule has 0 fully saturated rings. The minimum atomic E-state index is -0.313. The zero-order valence-corrected chi connectivity index (χ0v) is 12.1. The molecule has 2 aromatic heterocycles. The number of aromatic amines is 1. The minimum absolute atomic E-state index is 0.296. The first-order chi connectivity index (χ1) is 9.16. The van der Waals surface area contributed by atoms with E-state index in [1.54, 1.807) is 18.2 Å². The van der Waals surface area contributed by atoms with Crippen LogP contribution < -0.4 is 5.73 Å². The van der Waals surface area contributed by atoms with Gasteiger partial charge < -0.3 is 5.73 Å². The van der Waals surface area contributed by atoms with Gasteiger partial charge in [0, 0.05) is 5.56 Å². The van der Waals surface area contributed by atoms with Crippen molar-refractivity contribution in [2.75, 3.05) is 5.73 Å². The SMILES string of the molecule is Nc1n[nH]c(-c2ccc(Br)s2)c1-c1ccccc1F. The van der Waals surface area contributed by atoms with E-state index in [0.29, 0.717) is 16.9 Å². The predicted molar refractivity (Wildman–Crippen MR) is 79.4 cm³/mol. The number of rotatable bonds is 2. The molecule has 0 bridgehead atoms. The number of aromatic nitrogens is 2. The first-order valence-electron chi connectivity index (χ1n) is 5.51. The number of nitrogens with one attached hydrogen (secondary N) is 1. The van der Waals surface area contributed by atoms with Crippen LogP contribution in [-0.2, 0) is 0 Å². The van der Waals surface area contributed by atoms with Crippen LogP contribution >= 0.6 is 27.3 Å². The molecule has 0 aliphatic heterocycles. The largest absolute Gasteiger partial charge is 0.382 e. The summed E-state index contributed by atoms with van der Waals surface area (Å²) in [6.07, 6.45) is 0. The van der Waals surface area contributed by atoms with Gasteiger partial charge >= 0.3 is 0 Å². The third-order valence-corrected chi connectivity index (χ3v) is 4.40. The summed E-state index contributed by atoms with van der Waals surface area (Å²) in [4.78, 5) is 0.953. The number of hydrogen-bond acceptors (Lipinski definition) is 3. The number of nitrogen functional groups attached to an aromatic ring is 1. The number of hydrogen-bond donors (Lipinski definition) is 2. The van der Waals surface area contributed by atoms with Gasteiger partial charge in [-0.15, -0.1) is 11.3 Å². The highest BCUT2D eigenvalue weighted by molar-refractivity contribution is 9.11. The molecule has 0 unspecified atom stereocenters. The van der Waals surface area contributed by atoms with Gasteiger partial charge in [0.25, 0.3) is 0 Å². The molecule has 3 N–H and O–H groups in total. The van der Waals surface area contributed by atoms with Crippen molar-refractivity contribution in [3.63, 3.8) is 0 Å². The van der Waals surface area contributed by atoms with E-state index in [1.165, 1.54) is 17.4 Å². The average Bonchev–Trinajstić information content (AvgIpc) is 2.96. The number of halogens is 2. The average molecular weight is 338 g/mol. The highest BCUT2D eigenvalue weighted by Gasteiger charge is 2.18. The van der Waals surface area contributed by atoms with E-state index in [2.05, 4.69) is 26.1 Å². The van der Waals surface area contributed by atoms with Gasteiger partial charge in [-0.25, -0.2) is 4.39 Å². The molecule has 3 rings (SSSR count). The van der Waals surface area contributed by atoms with E-state index in [0.717, 1.165) is 14.4 Å². The van der Waals surface area contributed by atoms with Crippen LogP contribution in [-0.4, -0.2) is 10.2 Å². The number of H-pyrrole nitrogens is 1. The second-order valence-corrected chi connectivity index (χ2v) is 6.41. The molecule has 3 aromatic rings. The van der Waals surface area contributed by atoms with Crippen LogP contribution in [0.1, 0.15) is 0 Å². The van der Waals surface area contributed by atoms with Crippen molar-refractivity contribution in [1.29, 1.82) is 0 Å². The van der Waals surface area contributed by atoms with Crippen LogP contribution in [0.25, 0.3) is 21.7 Å². The Morgan fingerprint density at radius 1 is 1.21 bits per heavy atom. The van der Waals surface area contributed by atoms with Crippen molar-refractivity contribution in [3.05, 3.63) is 46.0 Å². The van der Waals surface area contributed by atoms with E-state index in [9.17, 15) is 4.39 Å². The van der Waals surface area contributed by atoms with Gasteiger partial charge in [0.15, 0.2) is 5.82 Å². The van der Waals surface area contributed by atoms with Crippen molar-refractivity contribution in [2.45, 2.75) is 0 Å². The Bertz CT molecular complexity index is 735. The van der Waals surface area contributed by atoms with E-state index in [4.69, 9.17) is 5.73 Å². The van der Waals surface area contributed by atoms with Crippen molar-refractivity contribution >= 4 is 33.1 Å². The van der Waals surface area contributed by atoms with Gasteiger partial charge in [-0.05, 0) is 34.1 Å². The third-order valence-electron chi connectivity index (χ3n) is 2.76. The van der Waals surface area contributed by atoms with Crippen molar-refractivity contribution < 1.29 is 4.39 Å². The summed E-state index contributed by atoms with van der Waals surface area (Å²) >= 11 is 4.95. The fourth-order valence-corrected chi connectivity index (χ4v) is 3.31. The second-order valence-electron chi connectivity index (χ2n) is 3.94. The van der Waals surface area contributed by atoms with E-state index in [-0.39, 0.29) is 5.82 Å². The molecule has 0 spiro atoms. The Balaban J connectivity index is 2.22. The van der Waals surface area contributed by atoms with E-state index < -0.39 is 0 Å². The second kappa shape index (κ2) is 4.79. The Morgan fingerprint density at radius 2 is 2.00 bits per heavy atom. The van der Waals surface area contributed by atoms with Crippen LogP contribution in [0.5, 0.6) is 0 Å². The lowest BCUT2D eigenvalue weighted by Crippen LogP contribution is -1.90. The van der Waals surface area contributed by atoms with Gasteiger partial charge in [0.1, 0.15) is 5.82 Å². The number of nitrogens with zero attached hydrogens (tertiary/aromatic N) is 1. The lowest BCUT2D eigenvalue weighted by molar-refractivity contribution is 0.631. The van der Waals surface area contributed by atoms with Crippen LogP contribution in [0.4, 0.5) is 10.2 Å². The van der Waals surface area contributed by atoms with Crippen LogP contribution in [0.2, 0.25) is 0 Å². The fraction of sp³-hybridized carbons (Fsp3) is 0. The molecular weight excluding hydrogens is 329 g/mol. The normalized spacial score (nSPS) is 10.8. The third kappa shape index (κ3) is 2.17. The topological polar surface area (TPSA) is 54.7 Å². The molecule has 6 heteroatoms. The molecule has 0 aliphatic rings. The minimum Gasteiger partial charge on any atom is -0.382 e. The number of benzene rings is 1. The Hall–Kier alpha value is -1.66. The maximum Gasteiger partial charge on any atom is 0.153 e. The van der Waals surface area contributed by atoms with Crippen LogP contribution in [0.15, 0.2) is 40.2 Å². The van der Waals surface area contributed by atoms with Gasteiger partial charge in [-0.1, -0.05) is 18.2 Å². The van der Waals surface area contributed by atoms with Crippen LogP contribution in [0.3, 0.4) is 0 Å². The first kappa shape index (κ1) is 12.4. The number of thiophene rings is 1. The summed E-state index contributed by atoms with van der Waals surface area (Å²) in [6.45, 7) is 0. The van der Waals surface area contributed by atoms with Crippen molar-refractivity contribution in [2.24, 2.45) is 0 Å². The Morgan fingerprint density at radius 3 is 2.68 bits per heavy atom. The first-order valence-corrected chi connectivity index (χ1v) is 7.12. The van der Waals surface area contributed by atoms with Gasteiger partial charge in [-0.2, -0.15) is 5.10 Å². The van der Waals surface area contributed by atoms with E-state index in [1.807, 2.05) is 12.1 Å². The molecule has 0 aliphatic carbocycles. The van der Waals surface area contributed by atoms with Crippen LogP contribution in [0, 0.1) is 5.82 Å². The van der Waals surface area contributed by atoms with Gasteiger partial charge in [0.2, 0.25) is 0 Å². The number of anilines is 1. The highest BCUT2D eigenvalue weighted by Crippen LogP contribution is 2.39. The molecule has 0 atom stereocenters. The maximum absolute atomic E-state index is 13.9. The van der Waals surface area contributed by atoms with Crippen molar-refractivity contribution in [1.82, 2.24) is 10.2 Å².